The first-order valence-electron chi connectivity index (χ1n) is 8.65. The van der Waals surface area contributed by atoms with E-state index in [-0.39, 0.29) is 31.2 Å². The molecule has 4 rings (SSSR count). The number of urea groups is 1. The van der Waals surface area contributed by atoms with E-state index < -0.39 is 0 Å². The van der Waals surface area contributed by atoms with Crippen molar-refractivity contribution >= 4 is 11.9 Å². The summed E-state index contributed by atoms with van der Waals surface area (Å²) in [5, 5.41) is 6.62. The van der Waals surface area contributed by atoms with Crippen molar-refractivity contribution in [3.63, 3.8) is 0 Å². The third-order valence-electron chi connectivity index (χ3n) is 4.60. The Hall–Kier alpha value is -3.30. The fraction of sp³-hybridized carbons (Fsp3) is 0.412. The van der Waals surface area contributed by atoms with E-state index >= 15 is 0 Å². The second-order valence-electron chi connectivity index (χ2n) is 6.43. The maximum Gasteiger partial charge on any atom is 0.317 e. The molecule has 2 aliphatic heterocycles. The second kappa shape index (κ2) is 7.14. The lowest BCUT2D eigenvalue weighted by Gasteiger charge is -2.31. The highest BCUT2D eigenvalue weighted by atomic mass is 16.7. The zero-order valence-corrected chi connectivity index (χ0v) is 14.5. The zero-order valence-electron chi connectivity index (χ0n) is 14.5. The van der Waals surface area contributed by atoms with Crippen molar-refractivity contribution in [2.75, 3.05) is 19.9 Å². The van der Waals surface area contributed by atoms with Crippen molar-refractivity contribution < 1.29 is 23.6 Å². The molecule has 10 heteroatoms. The van der Waals surface area contributed by atoms with E-state index in [1.54, 1.807) is 23.1 Å². The van der Waals surface area contributed by atoms with Gasteiger partial charge in [-0.3, -0.25) is 4.79 Å². The van der Waals surface area contributed by atoms with Gasteiger partial charge in [0.25, 0.3) is 5.89 Å². The summed E-state index contributed by atoms with van der Waals surface area (Å²) in [7, 11) is 0. The predicted octanol–water partition coefficient (Wildman–Crippen LogP) is 0.872. The van der Waals surface area contributed by atoms with Gasteiger partial charge in [0.1, 0.15) is 0 Å². The van der Waals surface area contributed by atoms with Crippen LogP contribution < -0.4 is 20.5 Å². The third kappa shape index (κ3) is 3.64. The zero-order chi connectivity index (χ0) is 18.8. The molecule has 1 atom stereocenters. The second-order valence-corrected chi connectivity index (χ2v) is 6.43. The molecule has 142 valence electrons. The number of carbonyl (C=O) groups is 2. The minimum Gasteiger partial charge on any atom is -0.454 e. The van der Waals surface area contributed by atoms with Gasteiger partial charge in [0, 0.05) is 18.7 Å². The lowest BCUT2D eigenvalue weighted by molar-refractivity contribution is -0.123. The van der Waals surface area contributed by atoms with Crippen LogP contribution in [0.15, 0.2) is 22.7 Å². The summed E-state index contributed by atoms with van der Waals surface area (Å²) < 4.78 is 15.9. The van der Waals surface area contributed by atoms with Gasteiger partial charge in [-0.05, 0) is 31.0 Å². The molecule has 0 radical (unpaired) electrons. The number of ether oxygens (including phenoxy) is 2. The first-order valence-corrected chi connectivity index (χ1v) is 8.65. The number of benzene rings is 1. The number of hydrogen-bond donors (Lipinski definition) is 2. The highest BCUT2D eigenvalue weighted by molar-refractivity contribution is 5.79. The number of nitrogens with zero attached hydrogens (tertiary/aromatic N) is 3. The van der Waals surface area contributed by atoms with Gasteiger partial charge in [-0.1, -0.05) is 5.16 Å². The summed E-state index contributed by atoms with van der Waals surface area (Å²) in [4.78, 5) is 29.5. The molecule has 0 bridgehead atoms. The Kier molecular flexibility index (Phi) is 4.53. The van der Waals surface area contributed by atoms with Crippen LogP contribution in [0.3, 0.4) is 0 Å². The number of amides is 3. The van der Waals surface area contributed by atoms with Gasteiger partial charge in [0.15, 0.2) is 17.3 Å². The molecule has 27 heavy (non-hydrogen) atoms. The molecular formula is C17H19N5O5. The van der Waals surface area contributed by atoms with Gasteiger partial charge < -0.3 is 29.9 Å². The van der Waals surface area contributed by atoms with Crippen LogP contribution in [0.25, 0.3) is 11.5 Å². The Morgan fingerprint density at radius 2 is 2.15 bits per heavy atom. The summed E-state index contributed by atoms with van der Waals surface area (Å²) in [5.74, 6) is 1.28. The van der Waals surface area contributed by atoms with Gasteiger partial charge in [0.2, 0.25) is 12.7 Å². The summed E-state index contributed by atoms with van der Waals surface area (Å²) in [6.45, 7) is 1.22. The third-order valence-corrected chi connectivity index (χ3v) is 4.60. The van der Waals surface area contributed by atoms with E-state index in [4.69, 9.17) is 19.7 Å². The normalized spacial score (nSPS) is 18.4. The van der Waals surface area contributed by atoms with Crippen LogP contribution in [0.1, 0.15) is 18.7 Å². The fourth-order valence-corrected chi connectivity index (χ4v) is 3.13. The van der Waals surface area contributed by atoms with E-state index in [9.17, 15) is 9.59 Å². The molecule has 0 spiro atoms. The van der Waals surface area contributed by atoms with E-state index in [0.29, 0.717) is 48.3 Å². The Morgan fingerprint density at radius 3 is 3.00 bits per heavy atom. The number of nitrogens with one attached hydrogen (secondary N) is 1. The van der Waals surface area contributed by atoms with Crippen molar-refractivity contribution in [1.29, 1.82) is 0 Å². The molecule has 3 N–H and O–H groups in total. The summed E-state index contributed by atoms with van der Waals surface area (Å²) >= 11 is 0. The average Bonchev–Trinajstić information content (AvgIpc) is 3.34. The van der Waals surface area contributed by atoms with Crippen LogP contribution in [0.5, 0.6) is 11.5 Å². The van der Waals surface area contributed by atoms with Crippen LogP contribution in [-0.4, -0.2) is 46.9 Å². The highest BCUT2D eigenvalue weighted by Gasteiger charge is 2.27. The highest BCUT2D eigenvalue weighted by Crippen LogP contribution is 2.35. The molecular weight excluding hydrogens is 354 g/mol. The molecule has 2 aliphatic rings. The summed E-state index contributed by atoms with van der Waals surface area (Å²) in [6.07, 6.45) is 1.46. The Morgan fingerprint density at radius 1 is 1.30 bits per heavy atom. The van der Waals surface area contributed by atoms with E-state index in [2.05, 4.69) is 15.5 Å². The summed E-state index contributed by atoms with van der Waals surface area (Å²) in [6, 6.07) is 5.04. The van der Waals surface area contributed by atoms with Gasteiger partial charge in [0.05, 0.1) is 12.5 Å². The number of likely N-dealkylation sites (tertiary alicyclic amines) is 1. The molecule has 3 heterocycles. The topological polar surface area (TPSA) is 133 Å². The SMILES string of the molecule is NC(=O)C1CCCN(C(=O)NCc2noc(-c3ccc4c(c3)OCO4)n2)C1. The number of hydrogen-bond acceptors (Lipinski definition) is 7. The molecule has 10 nitrogen and oxygen atoms in total. The number of rotatable bonds is 4. The number of aromatic nitrogens is 2. The molecule has 1 aromatic heterocycles. The van der Waals surface area contributed by atoms with Crippen molar-refractivity contribution in [1.82, 2.24) is 20.4 Å². The minimum atomic E-state index is -0.376. The molecule has 0 saturated carbocycles. The van der Waals surface area contributed by atoms with Crippen LogP contribution in [0.2, 0.25) is 0 Å². The van der Waals surface area contributed by atoms with Crippen LogP contribution in [0, 0.1) is 5.92 Å². The molecule has 3 amide bonds. The van der Waals surface area contributed by atoms with Crippen molar-refractivity contribution in [3.05, 3.63) is 24.0 Å². The monoisotopic (exact) mass is 373 g/mol. The lowest BCUT2D eigenvalue weighted by atomic mass is 9.98. The number of piperidine rings is 1. The van der Waals surface area contributed by atoms with Gasteiger partial charge in [-0.25, -0.2) is 4.79 Å². The fourth-order valence-electron chi connectivity index (χ4n) is 3.13. The van der Waals surface area contributed by atoms with Crippen molar-refractivity contribution in [2.24, 2.45) is 11.7 Å². The minimum absolute atomic E-state index is 0.116. The average molecular weight is 373 g/mol. The quantitative estimate of drug-likeness (QED) is 0.812. The van der Waals surface area contributed by atoms with Gasteiger partial charge in [-0.2, -0.15) is 4.98 Å². The van der Waals surface area contributed by atoms with Crippen molar-refractivity contribution in [2.45, 2.75) is 19.4 Å². The van der Waals surface area contributed by atoms with E-state index in [0.717, 1.165) is 6.42 Å². The van der Waals surface area contributed by atoms with Gasteiger partial charge >= 0.3 is 6.03 Å². The number of carbonyl (C=O) groups excluding carboxylic acids is 2. The Bertz CT molecular complexity index is 867. The standard InChI is InChI=1S/C17H19N5O5/c18-15(23)11-2-1-5-22(8-11)17(24)19-7-14-20-16(27-21-14)10-3-4-12-13(6-10)26-9-25-12/h3-4,6,11H,1-2,5,7-9H2,(H2,18,23)(H,19,24). The Balaban J connectivity index is 1.35. The number of fused-ring (bicyclic) bond motifs is 1. The molecule has 1 unspecified atom stereocenters. The van der Waals surface area contributed by atoms with Crippen LogP contribution in [0.4, 0.5) is 4.79 Å². The van der Waals surface area contributed by atoms with Crippen molar-refractivity contribution in [3.8, 4) is 23.0 Å². The maximum atomic E-state index is 12.3. The number of primary amides is 1. The molecule has 0 aliphatic carbocycles. The predicted molar refractivity (Wildman–Crippen MR) is 91.6 cm³/mol. The van der Waals surface area contributed by atoms with Crippen LogP contribution >= 0.6 is 0 Å². The first kappa shape index (κ1) is 17.1. The Labute approximate surface area is 154 Å². The molecule has 2 aromatic rings. The molecule has 1 aromatic carbocycles. The molecule has 1 fully saturated rings. The smallest absolute Gasteiger partial charge is 0.317 e. The van der Waals surface area contributed by atoms with Gasteiger partial charge in [-0.15, -0.1) is 0 Å². The largest absolute Gasteiger partial charge is 0.454 e. The number of nitrogens with two attached hydrogens (primary N) is 1. The van der Waals surface area contributed by atoms with E-state index in [1.807, 2.05) is 0 Å². The van der Waals surface area contributed by atoms with Crippen LogP contribution in [-0.2, 0) is 11.3 Å². The first-order chi connectivity index (χ1) is 13.1. The van der Waals surface area contributed by atoms with E-state index in [1.165, 1.54) is 0 Å². The molecule has 1 saturated heterocycles. The lowest BCUT2D eigenvalue weighted by Crippen LogP contribution is -2.48. The maximum absolute atomic E-state index is 12.3. The summed E-state index contributed by atoms with van der Waals surface area (Å²) in [5.41, 5.74) is 6.04.